The predicted octanol–water partition coefficient (Wildman–Crippen LogP) is 3.01. The Kier molecular flexibility index (Phi) is 6.18. The number of hydrogen-bond donors (Lipinski definition) is 2. The van der Waals surface area contributed by atoms with Crippen LogP contribution in [-0.4, -0.2) is 46.2 Å². The van der Waals surface area contributed by atoms with Gasteiger partial charge in [0.25, 0.3) is 5.56 Å². The molecular formula is C20H25FN2O4S. The fourth-order valence-electron chi connectivity index (χ4n) is 3.74. The average molecular weight is 408 g/mol. The van der Waals surface area contributed by atoms with E-state index in [2.05, 4.69) is 9.97 Å². The van der Waals surface area contributed by atoms with Crippen LogP contribution in [0.5, 0.6) is 5.75 Å². The number of fused-ring (bicyclic) bond motifs is 1. The summed E-state index contributed by atoms with van der Waals surface area (Å²) in [5, 5.41) is 10.0. The van der Waals surface area contributed by atoms with Crippen molar-refractivity contribution in [2.24, 2.45) is 5.92 Å². The Bertz CT molecular complexity index is 876. The summed E-state index contributed by atoms with van der Waals surface area (Å²) in [5.74, 6) is 1.17. The Morgan fingerprint density at radius 2 is 2.11 bits per heavy atom. The minimum atomic E-state index is -0.621. The van der Waals surface area contributed by atoms with E-state index in [0.717, 1.165) is 38.7 Å². The van der Waals surface area contributed by atoms with Crippen LogP contribution >= 0.6 is 11.8 Å². The van der Waals surface area contributed by atoms with Crippen molar-refractivity contribution in [3.63, 3.8) is 0 Å². The highest BCUT2D eigenvalue weighted by atomic mass is 32.2. The van der Waals surface area contributed by atoms with Gasteiger partial charge in [-0.3, -0.25) is 4.79 Å². The van der Waals surface area contributed by atoms with Crippen LogP contribution in [0, 0.1) is 11.7 Å². The lowest BCUT2D eigenvalue weighted by molar-refractivity contribution is 0.132. The first-order valence-corrected chi connectivity index (χ1v) is 10.9. The van der Waals surface area contributed by atoms with Crippen LogP contribution in [-0.2, 0) is 10.5 Å². The van der Waals surface area contributed by atoms with E-state index in [1.54, 1.807) is 17.8 Å². The summed E-state index contributed by atoms with van der Waals surface area (Å²) >= 11 is 1.72. The molecule has 8 heteroatoms. The van der Waals surface area contributed by atoms with Crippen LogP contribution in [0.1, 0.15) is 37.9 Å². The van der Waals surface area contributed by atoms with Gasteiger partial charge < -0.3 is 19.6 Å². The molecule has 28 heavy (non-hydrogen) atoms. The molecular weight excluding hydrogens is 383 g/mol. The minimum Gasteiger partial charge on any atom is -0.493 e. The van der Waals surface area contributed by atoms with Gasteiger partial charge in [0.05, 0.1) is 30.6 Å². The van der Waals surface area contributed by atoms with Crippen molar-refractivity contribution in [1.82, 2.24) is 9.97 Å². The highest BCUT2D eigenvalue weighted by Gasteiger charge is 2.21. The molecule has 2 aliphatic rings. The van der Waals surface area contributed by atoms with E-state index in [1.807, 2.05) is 0 Å². The molecule has 1 aromatic carbocycles. The number of aliphatic hydroxyl groups is 1. The molecule has 2 aromatic rings. The number of halogens is 1. The quantitative estimate of drug-likeness (QED) is 0.764. The fraction of sp³-hybridized carbons (Fsp3) is 0.600. The van der Waals surface area contributed by atoms with Crippen molar-refractivity contribution >= 4 is 22.7 Å². The molecule has 2 heterocycles. The number of aliphatic hydroxyl groups excluding tert-OH is 1. The number of hydrogen-bond acceptors (Lipinski definition) is 6. The Labute approximate surface area is 166 Å². The molecule has 2 fully saturated rings. The Hall–Kier alpha value is -1.64. The molecule has 1 saturated carbocycles. The third-order valence-electron chi connectivity index (χ3n) is 5.39. The second-order valence-corrected chi connectivity index (χ2v) is 8.88. The molecule has 1 saturated heterocycles. The largest absolute Gasteiger partial charge is 0.493 e. The molecule has 1 aliphatic heterocycles. The van der Waals surface area contributed by atoms with Crippen molar-refractivity contribution in [2.75, 3.05) is 19.8 Å². The number of ether oxygens (including phenoxy) is 2. The summed E-state index contributed by atoms with van der Waals surface area (Å²) in [6.07, 6.45) is 4.30. The highest BCUT2D eigenvalue weighted by molar-refractivity contribution is 7.99. The Morgan fingerprint density at radius 1 is 1.29 bits per heavy atom. The van der Waals surface area contributed by atoms with Crippen molar-refractivity contribution in [1.29, 1.82) is 0 Å². The predicted molar refractivity (Wildman–Crippen MR) is 106 cm³/mol. The van der Waals surface area contributed by atoms with Crippen molar-refractivity contribution in [3.05, 3.63) is 34.1 Å². The maximum absolute atomic E-state index is 14.5. The summed E-state index contributed by atoms with van der Waals surface area (Å²) in [4.78, 5) is 19.5. The second-order valence-electron chi connectivity index (χ2n) is 7.59. The molecule has 0 spiro atoms. The lowest BCUT2D eigenvalue weighted by Crippen LogP contribution is -2.20. The second kappa shape index (κ2) is 8.80. The minimum absolute atomic E-state index is 0.0360. The summed E-state index contributed by atoms with van der Waals surface area (Å²) in [7, 11) is 0. The van der Waals surface area contributed by atoms with E-state index in [9.17, 15) is 14.3 Å². The highest BCUT2D eigenvalue weighted by Crippen LogP contribution is 2.30. The van der Waals surface area contributed by atoms with Crippen LogP contribution in [0.15, 0.2) is 16.9 Å². The van der Waals surface area contributed by atoms with Gasteiger partial charge in [-0.2, -0.15) is 11.8 Å². The molecule has 0 unspecified atom stereocenters. The zero-order chi connectivity index (χ0) is 19.5. The molecule has 2 N–H and O–H groups in total. The van der Waals surface area contributed by atoms with Crippen molar-refractivity contribution < 1.29 is 19.0 Å². The molecule has 0 amide bonds. The van der Waals surface area contributed by atoms with Gasteiger partial charge in [-0.25, -0.2) is 9.37 Å². The average Bonchev–Trinajstić information content (AvgIpc) is 3.19. The standard InChI is InChI=1S/C20H25FN2O4S/c21-16-7-14(27-10-12-5-6-26-9-12)8-17-19(16)20(25)23-18(22-17)11-28-15-3-1-13(24)2-4-15/h7-8,12-13,15,24H,1-6,9-11H2,(H,22,23,25)/t12-,13-,15-/m0/s1. The molecule has 1 atom stereocenters. The van der Waals surface area contributed by atoms with E-state index < -0.39 is 11.4 Å². The van der Waals surface area contributed by atoms with Gasteiger partial charge in [0.2, 0.25) is 0 Å². The number of benzene rings is 1. The van der Waals surface area contributed by atoms with Crippen molar-refractivity contribution in [3.8, 4) is 5.75 Å². The number of thioether (sulfide) groups is 1. The number of aromatic nitrogens is 2. The van der Waals surface area contributed by atoms with Crippen LogP contribution in [0.3, 0.4) is 0 Å². The maximum atomic E-state index is 14.5. The van der Waals surface area contributed by atoms with Gasteiger partial charge in [-0.15, -0.1) is 0 Å². The van der Waals surface area contributed by atoms with Crippen LogP contribution < -0.4 is 10.3 Å². The summed E-state index contributed by atoms with van der Waals surface area (Å²) in [5.41, 5.74) is -0.149. The monoisotopic (exact) mass is 408 g/mol. The third kappa shape index (κ3) is 4.67. The first-order chi connectivity index (χ1) is 13.6. The number of H-pyrrole nitrogens is 1. The van der Waals surface area contributed by atoms with E-state index in [-0.39, 0.29) is 11.5 Å². The normalized spacial score (nSPS) is 25.3. The summed E-state index contributed by atoms with van der Waals surface area (Å²) in [6.45, 7) is 1.86. The maximum Gasteiger partial charge on any atom is 0.261 e. The van der Waals surface area contributed by atoms with Crippen molar-refractivity contribution in [2.45, 2.75) is 49.2 Å². The lowest BCUT2D eigenvalue weighted by Gasteiger charge is -2.24. The molecule has 0 radical (unpaired) electrons. The van der Waals surface area contributed by atoms with E-state index in [1.165, 1.54) is 6.07 Å². The van der Waals surface area contributed by atoms with Crippen LogP contribution in [0.2, 0.25) is 0 Å². The van der Waals surface area contributed by atoms with Gasteiger partial charge in [0.15, 0.2) is 0 Å². The first kappa shape index (κ1) is 19.7. The molecule has 1 aliphatic carbocycles. The summed E-state index contributed by atoms with van der Waals surface area (Å²) < 4.78 is 25.5. The molecule has 0 bridgehead atoms. The number of nitrogens with one attached hydrogen (secondary N) is 1. The molecule has 4 rings (SSSR count). The third-order valence-corrected chi connectivity index (χ3v) is 6.78. The summed E-state index contributed by atoms with van der Waals surface area (Å²) in [6, 6.07) is 2.88. The first-order valence-electron chi connectivity index (χ1n) is 9.81. The van der Waals surface area contributed by atoms with Gasteiger partial charge in [0.1, 0.15) is 22.8 Å². The van der Waals surface area contributed by atoms with Gasteiger partial charge in [-0.05, 0) is 32.1 Å². The molecule has 1 aromatic heterocycles. The number of aromatic amines is 1. The molecule has 152 valence electrons. The fourth-order valence-corrected chi connectivity index (χ4v) is 4.87. The SMILES string of the molecule is O=c1[nH]c(CS[C@H]2CC[C@H](O)CC2)nc2cc(OC[C@H]3CCOC3)cc(F)c12. The van der Waals surface area contributed by atoms with E-state index >= 15 is 0 Å². The van der Waals surface area contributed by atoms with Gasteiger partial charge in [0, 0.05) is 29.9 Å². The smallest absolute Gasteiger partial charge is 0.261 e. The zero-order valence-electron chi connectivity index (χ0n) is 15.7. The van der Waals surface area contributed by atoms with Crippen LogP contribution in [0.25, 0.3) is 10.9 Å². The molecule has 6 nitrogen and oxygen atoms in total. The van der Waals surface area contributed by atoms with Gasteiger partial charge in [-0.1, -0.05) is 0 Å². The Morgan fingerprint density at radius 3 is 2.86 bits per heavy atom. The number of rotatable bonds is 6. The van der Waals surface area contributed by atoms with Crippen LogP contribution in [0.4, 0.5) is 4.39 Å². The topological polar surface area (TPSA) is 84.4 Å². The Balaban J connectivity index is 1.48. The zero-order valence-corrected chi connectivity index (χ0v) is 16.5. The van der Waals surface area contributed by atoms with Gasteiger partial charge >= 0.3 is 0 Å². The lowest BCUT2D eigenvalue weighted by atomic mass is 9.97. The number of nitrogens with zero attached hydrogens (tertiary/aromatic N) is 1. The van der Waals surface area contributed by atoms with E-state index in [0.29, 0.717) is 47.2 Å². The van der Waals surface area contributed by atoms with E-state index in [4.69, 9.17) is 9.47 Å².